The Labute approximate surface area is 128 Å². The van der Waals surface area contributed by atoms with Crippen molar-refractivity contribution in [2.75, 3.05) is 11.9 Å². The smallest absolute Gasteiger partial charge is 0.206 e. The molecule has 2 rings (SSSR count). The zero-order chi connectivity index (χ0) is 14.8. The lowest BCUT2D eigenvalue weighted by Crippen LogP contribution is -2.10. The monoisotopic (exact) mass is 310 g/mol. The molecule has 0 spiro atoms. The van der Waals surface area contributed by atoms with Crippen LogP contribution in [0, 0.1) is 0 Å². The summed E-state index contributed by atoms with van der Waals surface area (Å²) < 4.78 is 0. The molecule has 0 aromatic carbocycles. The molecule has 0 saturated carbocycles. The minimum absolute atomic E-state index is 0.0839. The number of nitrogens with one attached hydrogen (secondary N) is 1. The van der Waals surface area contributed by atoms with E-state index in [-0.39, 0.29) is 5.41 Å². The third kappa shape index (κ3) is 3.35. The Balaban J connectivity index is 2.39. The standard InChI is InChI=1S/C14H22N4S2/c1-6-8-9-10(19-12(16-9)14(3,4)5)11-17-18-13(20-11)15-7-2/h6-8H2,1-5H3,(H,15,18). The maximum atomic E-state index is 4.84. The molecule has 0 radical (unpaired) electrons. The van der Waals surface area contributed by atoms with Crippen molar-refractivity contribution < 1.29 is 0 Å². The minimum Gasteiger partial charge on any atom is -0.360 e. The molecule has 0 bridgehead atoms. The van der Waals surface area contributed by atoms with E-state index in [0.717, 1.165) is 29.5 Å². The second-order valence-electron chi connectivity index (χ2n) is 5.74. The van der Waals surface area contributed by atoms with Crippen molar-refractivity contribution in [2.24, 2.45) is 0 Å². The first-order chi connectivity index (χ1) is 9.45. The van der Waals surface area contributed by atoms with E-state index < -0.39 is 0 Å². The minimum atomic E-state index is 0.0839. The van der Waals surface area contributed by atoms with Crippen LogP contribution in [0.4, 0.5) is 5.13 Å². The number of hydrogen-bond donors (Lipinski definition) is 1. The third-order valence-corrected chi connectivity index (χ3v) is 5.33. The first-order valence-electron chi connectivity index (χ1n) is 7.03. The predicted molar refractivity (Wildman–Crippen MR) is 87.9 cm³/mol. The van der Waals surface area contributed by atoms with Crippen LogP contribution in [-0.4, -0.2) is 21.7 Å². The van der Waals surface area contributed by atoms with Crippen molar-refractivity contribution in [1.82, 2.24) is 15.2 Å². The van der Waals surface area contributed by atoms with Crippen LogP contribution in [0.5, 0.6) is 0 Å². The Kier molecular flexibility index (Phi) is 4.75. The molecule has 0 aliphatic rings. The molecule has 1 N–H and O–H groups in total. The van der Waals surface area contributed by atoms with Gasteiger partial charge in [-0.2, -0.15) is 0 Å². The second-order valence-corrected chi connectivity index (χ2v) is 7.71. The number of rotatable bonds is 5. The fraction of sp³-hybridized carbons (Fsp3) is 0.643. The van der Waals surface area contributed by atoms with Crippen LogP contribution in [0.25, 0.3) is 9.88 Å². The first-order valence-corrected chi connectivity index (χ1v) is 8.67. The maximum absolute atomic E-state index is 4.84. The van der Waals surface area contributed by atoms with Gasteiger partial charge in [0.2, 0.25) is 5.13 Å². The quantitative estimate of drug-likeness (QED) is 0.892. The van der Waals surface area contributed by atoms with Crippen LogP contribution in [0.3, 0.4) is 0 Å². The van der Waals surface area contributed by atoms with E-state index in [1.54, 1.807) is 22.7 Å². The van der Waals surface area contributed by atoms with Gasteiger partial charge in [0.1, 0.15) is 0 Å². The van der Waals surface area contributed by atoms with Gasteiger partial charge in [-0.3, -0.25) is 0 Å². The van der Waals surface area contributed by atoms with Crippen molar-refractivity contribution >= 4 is 27.8 Å². The molecule has 0 aliphatic carbocycles. The Morgan fingerprint density at radius 1 is 1.10 bits per heavy atom. The van der Waals surface area contributed by atoms with Crippen LogP contribution in [0.2, 0.25) is 0 Å². The second kappa shape index (κ2) is 6.18. The molecule has 0 amide bonds. The first kappa shape index (κ1) is 15.4. The summed E-state index contributed by atoms with van der Waals surface area (Å²) in [6, 6.07) is 0. The fourth-order valence-electron chi connectivity index (χ4n) is 1.78. The summed E-state index contributed by atoms with van der Waals surface area (Å²) in [5.41, 5.74) is 1.25. The van der Waals surface area contributed by atoms with Gasteiger partial charge in [-0.25, -0.2) is 4.98 Å². The molecule has 0 unspecified atom stereocenters. The highest BCUT2D eigenvalue weighted by Gasteiger charge is 2.23. The van der Waals surface area contributed by atoms with Gasteiger partial charge in [0.15, 0.2) is 5.01 Å². The van der Waals surface area contributed by atoms with Crippen molar-refractivity contribution in [1.29, 1.82) is 0 Å². The maximum Gasteiger partial charge on any atom is 0.206 e. The zero-order valence-electron chi connectivity index (χ0n) is 12.8. The number of anilines is 1. The molecule has 4 nitrogen and oxygen atoms in total. The predicted octanol–water partition coefficient (Wildman–Crippen LogP) is 4.34. The SMILES string of the molecule is CCCc1nc(C(C)(C)C)sc1-c1nnc(NCC)s1. The highest BCUT2D eigenvalue weighted by molar-refractivity contribution is 7.23. The molecule has 2 heterocycles. The van der Waals surface area contributed by atoms with Crippen molar-refractivity contribution in [3.8, 4) is 9.88 Å². The highest BCUT2D eigenvalue weighted by Crippen LogP contribution is 2.38. The summed E-state index contributed by atoms with van der Waals surface area (Å²) in [4.78, 5) is 6.03. The van der Waals surface area contributed by atoms with Crippen LogP contribution in [0.1, 0.15) is 51.7 Å². The summed E-state index contributed by atoms with van der Waals surface area (Å²) in [6.07, 6.45) is 2.09. The van der Waals surface area contributed by atoms with Crippen molar-refractivity contribution in [3.63, 3.8) is 0 Å². The van der Waals surface area contributed by atoms with Gasteiger partial charge < -0.3 is 5.32 Å². The third-order valence-electron chi connectivity index (χ3n) is 2.77. The van der Waals surface area contributed by atoms with Gasteiger partial charge in [0.05, 0.1) is 15.6 Å². The van der Waals surface area contributed by atoms with Crippen LogP contribution in [-0.2, 0) is 11.8 Å². The van der Waals surface area contributed by atoms with E-state index in [9.17, 15) is 0 Å². The van der Waals surface area contributed by atoms with Gasteiger partial charge in [0.25, 0.3) is 0 Å². The Bertz CT molecular complexity index is 566. The van der Waals surface area contributed by atoms with Crippen LogP contribution < -0.4 is 5.32 Å². The summed E-state index contributed by atoms with van der Waals surface area (Å²) in [7, 11) is 0. The lowest BCUT2D eigenvalue weighted by molar-refractivity contribution is 0.582. The number of hydrogen-bond acceptors (Lipinski definition) is 6. The molecule has 0 aliphatic heterocycles. The zero-order valence-corrected chi connectivity index (χ0v) is 14.4. The lowest BCUT2D eigenvalue weighted by Gasteiger charge is -2.13. The molecule has 0 atom stereocenters. The molecular weight excluding hydrogens is 288 g/mol. The number of aromatic nitrogens is 3. The fourth-order valence-corrected chi connectivity index (χ4v) is 3.86. The molecule has 110 valence electrons. The van der Waals surface area contributed by atoms with E-state index in [1.807, 2.05) is 0 Å². The average Bonchev–Trinajstić information content (AvgIpc) is 2.95. The largest absolute Gasteiger partial charge is 0.360 e. The molecule has 2 aromatic heterocycles. The number of nitrogens with zero attached hydrogens (tertiary/aromatic N) is 3. The van der Waals surface area contributed by atoms with E-state index in [4.69, 9.17) is 4.98 Å². The van der Waals surface area contributed by atoms with Crippen molar-refractivity contribution in [3.05, 3.63) is 10.7 Å². The molecule has 0 fully saturated rings. The Morgan fingerprint density at radius 3 is 2.45 bits per heavy atom. The highest BCUT2D eigenvalue weighted by atomic mass is 32.1. The summed E-state index contributed by atoms with van der Waals surface area (Å²) in [5.74, 6) is 0. The van der Waals surface area contributed by atoms with Crippen LogP contribution >= 0.6 is 22.7 Å². The number of aryl methyl sites for hydroxylation is 1. The Morgan fingerprint density at radius 2 is 1.85 bits per heavy atom. The molecule has 20 heavy (non-hydrogen) atoms. The van der Waals surface area contributed by atoms with Gasteiger partial charge in [-0.1, -0.05) is 45.5 Å². The topological polar surface area (TPSA) is 50.7 Å². The molecular formula is C14H22N4S2. The van der Waals surface area contributed by atoms with E-state index in [1.165, 1.54) is 15.6 Å². The van der Waals surface area contributed by atoms with Gasteiger partial charge in [0, 0.05) is 12.0 Å². The molecule has 6 heteroatoms. The summed E-state index contributed by atoms with van der Waals surface area (Å²) >= 11 is 3.37. The average molecular weight is 310 g/mol. The Hall–Kier alpha value is -1.01. The van der Waals surface area contributed by atoms with Gasteiger partial charge in [-0.05, 0) is 13.3 Å². The normalized spacial score (nSPS) is 11.8. The lowest BCUT2D eigenvalue weighted by atomic mass is 9.98. The van der Waals surface area contributed by atoms with E-state index >= 15 is 0 Å². The van der Waals surface area contributed by atoms with E-state index in [0.29, 0.717) is 0 Å². The van der Waals surface area contributed by atoms with Crippen LogP contribution in [0.15, 0.2) is 0 Å². The van der Waals surface area contributed by atoms with Gasteiger partial charge in [-0.15, -0.1) is 21.5 Å². The van der Waals surface area contributed by atoms with Crippen molar-refractivity contribution in [2.45, 2.75) is 52.9 Å². The number of thiazole rings is 1. The molecule has 0 saturated heterocycles. The summed E-state index contributed by atoms with van der Waals surface area (Å²) in [5, 5.41) is 14.8. The summed E-state index contributed by atoms with van der Waals surface area (Å²) in [6.45, 7) is 11.7. The van der Waals surface area contributed by atoms with E-state index in [2.05, 4.69) is 50.1 Å². The molecule has 2 aromatic rings. The van der Waals surface area contributed by atoms with Gasteiger partial charge >= 0.3 is 0 Å².